The maximum atomic E-state index is 11.4. The average Bonchev–Trinajstić information content (AvgIpc) is 2.49. The molecule has 0 heterocycles. The zero-order valence-electron chi connectivity index (χ0n) is 12.7. The fourth-order valence-electron chi connectivity index (χ4n) is 2.62. The van der Waals surface area contributed by atoms with E-state index in [4.69, 9.17) is 4.74 Å². The minimum Gasteiger partial charge on any atom is -0.465 e. The predicted molar refractivity (Wildman–Crippen MR) is 83.5 cm³/mol. The summed E-state index contributed by atoms with van der Waals surface area (Å²) in [6, 6.07) is 13.3. The topological polar surface area (TPSA) is 26.3 Å². The van der Waals surface area contributed by atoms with Crippen LogP contribution in [0.5, 0.6) is 0 Å². The summed E-state index contributed by atoms with van der Waals surface area (Å²) >= 11 is 0. The minimum atomic E-state index is -1.03. The molecule has 0 radical (unpaired) electrons. The molecule has 106 valence electrons. The van der Waals surface area contributed by atoms with Gasteiger partial charge in [0.2, 0.25) is 0 Å². The Morgan fingerprint density at radius 3 is 2.00 bits per heavy atom. The molecule has 0 aliphatic rings. The standard InChI is InChI=1S/C16H26O2Si/c1-5-19(6-2,7-3)13-12-14-8-10-15(11-9-14)16(17)18-4/h8-11H,5-7,12-13H2,1-4H3. The smallest absolute Gasteiger partial charge is 0.337 e. The van der Waals surface area contributed by atoms with Gasteiger partial charge >= 0.3 is 5.97 Å². The summed E-state index contributed by atoms with van der Waals surface area (Å²) in [6.07, 6.45) is 1.14. The van der Waals surface area contributed by atoms with E-state index in [-0.39, 0.29) is 5.97 Å². The summed E-state index contributed by atoms with van der Waals surface area (Å²) in [6.45, 7) is 7.04. The van der Waals surface area contributed by atoms with Crippen molar-refractivity contribution < 1.29 is 9.53 Å². The third kappa shape index (κ3) is 4.20. The summed E-state index contributed by atoms with van der Waals surface area (Å²) in [5, 5.41) is 0. The molecule has 2 nitrogen and oxygen atoms in total. The van der Waals surface area contributed by atoms with Crippen LogP contribution in [0.4, 0.5) is 0 Å². The molecular weight excluding hydrogens is 252 g/mol. The Bertz CT molecular complexity index is 385. The van der Waals surface area contributed by atoms with E-state index in [9.17, 15) is 4.79 Å². The van der Waals surface area contributed by atoms with Crippen LogP contribution in [0.2, 0.25) is 24.2 Å². The van der Waals surface area contributed by atoms with Crippen LogP contribution < -0.4 is 0 Å². The fourth-order valence-corrected chi connectivity index (χ4v) is 5.99. The molecule has 0 spiro atoms. The van der Waals surface area contributed by atoms with Gasteiger partial charge in [0, 0.05) is 0 Å². The van der Waals surface area contributed by atoms with Crippen molar-refractivity contribution in [1.82, 2.24) is 0 Å². The third-order valence-corrected chi connectivity index (χ3v) is 10.4. The molecule has 0 bridgehead atoms. The molecule has 0 aromatic heterocycles. The maximum Gasteiger partial charge on any atom is 0.337 e. The van der Waals surface area contributed by atoms with Gasteiger partial charge in [0.25, 0.3) is 0 Å². The molecule has 0 aliphatic carbocycles. The van der Waals surface area contributed by atoms with Crippen LogP contribution in [0.3, 0.4) is 0 Å². The number of esters is 1. The predicted octanol–water partition coefficient (Wildman–Crippen LogP) is 4.52. The first-order valence-electron chi connectivity index (χ1n) is 7.28. The zero-order valence-corrected chi connectivity index (χ0v) is 13.7. The first-order valence-corrected chi connectivity index (χ1v) is 10.1. The number of ether oxygens (including phenoxy) is 1. The van der Waals surface area contributed by atoms with Crippen LogP contribution in [0, 0.1) is 0 Å². The Labute approximate surface area is 118 Å². The van der Waals surface area contributed by atoms with Gasteiger partial charge in [-0.1, -0.05) is 57.1 Å². The third-order valence-electron chi connectivity index (χ3n) is 4.57. The molecule has 1 aromatic carbocycles. The first kappa shape index (κ1) is 16.0. The molecule has 3 heteroatoms. The maximum absolute atomic E-state index is 11.4. The van der Waals surface area contributed by atoms with Gasteiger partial charge in [-0.05, 0) is 24.1 Å². The largest absolute Gasteiger partial charge is 0.465 e. The molecule has 0 fully saturated rings. The van der Waals surface area contributed by atoms with E-state index in [2.05, 4.69) is 32.9 Å². The zero-order chi connectivity index (χ0) is 14.3. The van der Waals surface area contributed by atoms with Crippen molar-refractivity contribution in [2.24, 2.45) is 0 Å². The monoisotopic (exact) mass is 278 g/mol. The lowest BCUT2D eigenvalue weighted by molar-refractivity contribution is 0.0600. The fraction of sp³-hybridized carbons (Fsp3) is 0.562. The number of carbonyl (C=O) groups is 1. The van der Waals surface area contributed by atoms with E-state index in [1.807, 2.05) is 12.1 Å². The summed E-state index contributed by atoms with van der Waals surface area (Å²) in [4.78, 5) is 11.4. The number of hydrogen-bond acceptors (Lipinski definition) is 2. The van der Waals surface area contributed by atoms with Gasteiger partial charge < -0.3 is 4.74 Å². The van der Waals surface area contributed by atoms with Gasteiger partial charge in [0.1, 0.15) is 0 Å². The summed E-state index contributed by atoms with van der Waals surface area (Å²) < 4.78 is 4.71. The second kappa shape index (κ2) is 7.48. The van der Waals surface area contributed by atoms with E-state index >= 15 is 0 Å². The molecule has 0 amide bonds. The normalized spacial score (nSPS) is 11.4. The van der Waals surface area contributed by atoms with E-state index < -0.39 is 8.07 Å². The Morgan fingerprint density at radius 2 is 1.58 bits per heavy atom. The number of benzene rings is 1. The van der Waals surface area contributed by atoms with Crippen molar-refractivity contribution in [3.8, 4) is 0 Å². The number of rotatable bonds is 7. The highest BCUT2D eigenvalue weighted by Crippen LogP contribution is 2.26. The van der Waals surface area contributed by atoms with E-state index in [1.54, 1.807) is 0 Å². The number of aryl methyl sites for hydroxylation is 1. The van der Waals surface area contributed by atoms with E-state index in [0.717, 1.165) is 6.42 Å². The van der Waals surface area contributed by atoms with Gasteiger partial charge in [-0.25, -0.2) is 4.79 Å². The lowest BCUT2D eigenvalue weighted by Gasteiger charge is -2.28. The molecule has 0 unspecified atom stereocenters. The highest BCUT2D eigenvalue weighted by atomic mass is 28.3. The Morgan fingerprint density at radius 1 is 1.05 bits per heavy atom. The molecular formula is C16H26O2Si. The Hall–Kier alpha value is -1.09. The van der Waals surface area contributed by atoms with E-state index in [0.29, 0.717) is 5.56 Å². The number of carbonyl (C=O) groups excluding carboxylic acids is 1. The Balaban J connectivity index is 2.66. The molecule has 0 saturated carbocycles. The first-order chi connectivity index (χ1) is 9.10. The van der Waals surface area contributed by atoms with Gasteiger partial charge in [-0.2, -0.15) is 0 Å². The summed E-state index contributed by atoms with van der Waals surface area (Å²) in [5.41, 5.74) is 1.97. The second-order valence-corrected chi connectivity index (χ2v) is 10.9. The lowest BCUT2D eigenvalue weighted by atomic mass is 10.1. The van der Waals surface area contributed by atoms with Gasteiger partial charge in [0.05, 0.1) is 20.7 Å². The van der Waals surface area contributed by atoms with Gasteiger partial charge in [0.15, 0.2) is 0 Å². The second-order valence-electron chi connectivity index (χ2n) is 5.25. The van der Waals surface area contributed by atoms with Crippen molar-refractivity contribution in [2.75, 3.05) is 7.11 Å². The van der Waals surface area contributed by atoms with Crippen LogP contribution in [-0.4, -0.2) is 21.2 Å². The van der Waals surface area contributed by atoms with Crippen LogP contribution in [-0.2, 0) is 11.2 Å². The quantitative estimate of drug-likeness (QED) is 0.541. The summed E-state index contributed by atoms with van der Waals surface area (Å²) in [7, 11) is 0.382. The SMILES string of the molecule is CC[Si](CC)(CC)CCc1ccc(C(=O)OC)cc1. The molecule has 0 aliphatic heterocycles. The average molecular weight is 278 g/mol. The van der Waals surface area contributed by atoms with Crippen molar-refractivity contribution in [1.29, 1.82) is 0 Å². The van der Waals surface area contributed by atoms with E-state index in [1.165, 1.54) is 36.8 Å². The van der Waals surface area contributed by atoms with Gasteiger partial charge in [-0.3, -0.25) is 0 Å². The summed E-state index contributed by atoms with van der Waals surface area (Å²) in [5.74, 6) is -0.258. The lowest BCUT2D eigenvalue weighted by Crippen LogP contribution is -2.31. The molecule has 1 aromatic rings. The van der Waals surface area contributed by atoms with Gasteiger partial charge in [-0.15, -0.1) is 0 Å². The number of methoxy groups -OCH3 is 1. The molecule has 0 atom stereocenters. The highest BCUT2D eigenvalue weighted by Gasteiger charge is 2.25. The molecule has 0 saturated heterocycles. The number of hydrogen-bond donors (Lipinski definition) is 0. The Kier molecular flexibility index (Phi) is 6.29. The molecule has 1 rings (SSSR count). The molecule has 19 heavy (non-hydrogen) atoms. The highest BCUT2D eigenvalue weighted by molar-refractivity contribution is 6.79. The van der Waals surface area contributed by atoms with Crippen LogP contribution >= 0.6 is 0 Å². The van der Waals surface area contributed by atoms with Crippen LogP contribution in [0.1, 0.15) is 36.7 Å². The van der Waals surface area contributed by atoms with Crippen molar-refractivity contribution in [3.63, 3.8) is 0 Å². The van der Waals surface area contributed by atoms with Crippen LogP contribution in [0.25, 0.3) is 0 Å². The van der Waals surface area contributed by atoms with Crippen molar-refractivity contribution in [2.45, 2.75) is 51.4 Å². The molecule has 0 N–H and O–H groups in total. The van der Waals surface area contributed by atoms with Crippen LogP contribution in [0.15, 0.2) is 24.3 Å². The van der Waals surface area contributed by atoms with Crippen molar-refractivity contribution >= 4 is 14.0 Å². The van der Waals surface area contributed by atoms with Crippen molar-refractivity contribution in [3.05, 3.63) is 35.4 Å². The minimum absolute atomic E-state index is 0.258.